The standard InChI is InChI=1S/C17H23NO7/c1-17(2,3)25-16(23)18-12(14(20)21)9-10-5-7-11(8-6-10)13(19)15(22)24-4/h5-8,12-13,19H,9H2,1-4H3,(H,18,23)(H,20,21). The molecule has 0 aromatic heterocycles. The number of carbonyl (C=O) groups is 3. The molecule has 0 spiro atoms. The van der Waals surface area contributed by atoms with Crippen molar-refractivity contribution < 1.29 is 34.1 Å². The van der Waals surface area contributed by atoms with Crippen molar-refractivity contribution >= 4 is 18.0 Å². The number of hydrogen-bond donors (Lipinski definition) is 3. The van der Waals surface area contributed by atoms with E-state index in [1.54, 1.807) is 32.9 Å². The predicted octanol–water partition coefficient (Wildman–Crippen LogP) is 1.41. The Balaban J connectivity index is 2.77. The molecule has 8 heteroatoms. The fraction of sp³-hybridized carbons (Fsp3) is 0.471. The Morgan fingerprint density at radius 1 is 1.16 bits per heavy atom. The third kappa shape index (κ3) is 6.80. The molecule has 0 aliphatic carbocycles. The van der Waals surface area contributed by atoms with Crippen LogP contribution in [-0.4, -0.2) is 47.0 Å². The number of aliphatic carboxylic acids is 1. The first-order chi connectivity index (χ1) is 11.5. The smallest absolute Gasteiger partial charge is 0.408 e. The van der Waals surface area contributed by atoms with Crippen LogP contribution in [-0.2, 0) is 25.5 Å². The molecule has 0 aliphatic rings. The summed E-state index contributed by atoms with van der Waals surface area (Å²) in [6.07, 6.45) is -2.21. The van der Waals surface area contributed by atoms with E-state index in [0.29, 0.717) is 11.1 Å². The summed E-state index contributed by atoms with van der Waals surface area (Å²) in [6, 6.07) is 4.93. The second-order valence-electron chi connectivity index (χ2n) is 6.41. The first-order valence-corrected chi connectivity index (χ1v) is 7.60. The minimum Gasteiger partial charge on any atom is -0.480 e. The predicted molar refractivity (Wildman–Crippen MR) is 87.9 cm³/mol. The monoisotopic (exact) mass is 353 g/mol. The fourth-order valence-corrected chi connectivity index (χ4v) is 1.97. The van der Waals surface area contributed by atoms with E-state index >= 15 is 0 Å². The number of methoxy groups -OCH3 is 1. The molecule has 138 valence electrons. The number of ether oxygens (including phenoxy) is 2. The van der Waals surface area contributed by atoms with Crippen molar-refractivity contribution in [1.29, 1.82) is 0 Å². The Morgan fingerprint density at radius 2 is 1.72 bits per heavy atom. The number of carboxylic acids is 1. The van der Waals surface area contributed by atoms with Crippen LogP contribution in [0.5, 0.6) is 0 Å². The molecule has 0 aliphatic heterocycles. The zero-order chi connectivity index (χ0) is 19.2. The number of carbonyl (C=O) groups excluding carboxylic acids is 2. The highest BCUT2D eigenvalue weighted by atomic mass is 16.6. The summed E-state index contributed by atoms with van der Waals surface area (Å²) in [7, 11) is 1.17. The lowest BCUT2D eigenvalue weighted by Gasteiger charge is -2.22. The molecule has 3 N–H and O–H groups in total. The molecule has 0 saturated carbocycles. The maximum atomic E-state index is 11.7. The Labute approximate surface area is 145 Å². The Bertz CT molecular complexity index is 619. The number of aliphatic hydroxyl groups excluding tert-OH is 1. The summed E-state index contributed by atoms with van der Waals surface area (Å²) >= 11 is 0. The van der Waals surface area contributed by atoms with Crippen LogP contribution in [0.15, 0.2) is 24.3 Å². The van der Waals surface area contributed by atoms with Crippen molar-refractivity contribution in [2.75, 3.05) is 7.11 Å². The molecule has 0 heterocycles. The van der Waals surface area contributed by atoms with Gasteiger partial charge in [-0.3, -0.25) is 0 Å². The van der Waals surface area contributed by atoms with Crippen molar-refractivity contribution in [3.63, 3.8) is 0 Å². The van der Waals surface area contributed by atoms with E-state index in [2.05, 4.69) is 10.1 Å². The highest BCUT2D eigenvalue weighted by Gasteiger charge is 2.24. The zero-order valence-corrected chi connectivity index (χ0v) is 14.6. The molecular weight excluding hydrogens is 330 g/mol. The van der Waals surface area contributed by atoms with Crippen molar-refractivity contribution in [3.05, 3.63) is 35.4 Å². The van der Waals surface area contributed by atoms with Crippen LogP contribution in [0.3, 0.4) is 0 Å². The highest BCUT2D eigenvalue weighted by molar-refractivity contribution is 5.80. The second-order valence-corrected chi connectivity index (χ2v) is 6.41. The number of alkyl carbamates (subject to hydrolysis) is 1. The third-order valence-corrected chi connectivity index (χ3v) is 3.15. The molecule has 25 heavy (non-hydrogen) atoms. The van der Waals surface area contributed by atoms with Crippen LogP contribution in [0.2, 0.25) is 0 Å². The first kappa shape index (κ1) is 20.4. The number of benzene rings is 1. The van der Waals surface area contributed by atoms with Gasteiger partial charge in [-0.25, -0.2) is 14.4 Å². The highest BCUT2D eigenvalue weighted by Crippen LogP contribution is 2.16. The summed E-state index contributed by atoms with van der Waals surface area (Å²) in [5.74, 6) is -1.99. The number of rotatable bonds is 6. The van der Waals surface area contributed by atoms with Gasteiger partial charge in [0.25, 0.3) is 0 Å². The number of hydrogen-bond acceptors (Lipinski definition) is 6. The lowest BCUT2D eigenvalue weighted by atomic mass is 10.0. The van der Waals surface area contributed by atoms with Gasteiger partial charge in [0.2, 0.25) is 0 Å². The van der Waals surface area contributed by atoms with Crippen LogP contribution in [0.4, 0.5) is 4.79 Å². The summed E-state index contributed by atoms with van der Waals surface area (Å²) in [5.41, 5.74) is 0.186. The number of aliphatic hydroxyl groups is 1. The molecule has 8 nitrogen and oxygen atoms in total. The Kier molecular flexibility index (Phi) is 6.93. The van der Waals surface area contributed by atoms with E-state index in [1.807, 2.05) is 0 Å². The average molecular weight is 353 g/mol. The minimum absolute atomic E-state index is 0.0170. The fourth-order valence-electron chi connectivity index (χ4n) is 1.97. The lowest BCUT2D eigenvalue weighted by Crippen LogP contribution is -2.44. The van der Waals surface area contributed by atoms with Gasteiger partial charge in [0.05, 0.1) is 7.11 Å². The molecule has 0 saturated heterocycles. The average Bonchev–Trinajstić information content (AvgIpc) is 2.51. The van der Waals surface area contributed by atoms with Gasteiger partial charge in [-0.2, -0.15) is 0 Å². The Morgan fingerprint density at radius 3 is 2.16 bits per heavy atom. The van der Waals surface area contributed by atoms with E-state index in [-0.39, 0.29) is 6.42 Å². The maximum absolute atomic E-state index is 11.7. The van der Waals surface area contributed by atoms with Crippen LogP contribution in [0.25, 0.3) is 0 Å². The van der Waals surface area contributed by atoms with Gasteiger partial charge in [0, 0.05) is 6.42 Å². The van der Waals surface area contributed by atoms with Gasteiger partial charge in [0.1, 0.15) is 11.6 Å². The van der Waals surface area contributed by atoms with Gasteiger partial charge in [-0.15, -0.1) is 0 Å². The van der Waals surface area contributed by atoms with Crippen LogP contribution in [0, 0.1) is 0 Å². The second kappa shape index (κ2) is 8.48. The summed E-state index contributed by atoms with van der Waals surface area (Å²) < 4.78 is 9.50. The summed E-state index contributed by atoms with van der Waals surface area (Å²) in [6.45, 7) is 5.02. The van der Waals surface area contributed by atoms with Crippen molar-refractivity contribution in [1.82, 2.24) is 5.32 Å². The molecule has 2 atom stereocenters. The van der Waals surface area contributed by atoms with Crippen molar-refractivity contribution in [3.8, 4) is 0 Å². The number of esters is 1. The molecule has 1 rings (SSSR count). The lowest BCUT2D eigenvalue weighted by molar-refractivity contribution is -0.150. The van der Waals surface area contributed by atoms with Gasteiger partial charge in [-0.1, -0.05) is 24.3 Å². The zero-order valence-electron chi connectivity index (χ0n) is 14.6. The normalized spacial score (nSPS) is 13.5. The van der Waals surface area contributed by atoms with E-state index in [0.717, 1.165) is 0 Å². The molecule has 1 amide bonds. The van der Waals surface area contributed by atoms with Crippen molar-refractivity contribution in [2.24, 2.45) is 0 Å². The van der Waals surface area contributed by atoms with E-state index in [4.69, 9.17) is 4.74 Å². The van der Waals surface area contributed by atoms with Crippen LogP contribution in [0.1, 0.15) is 38.0 Å². The minimum atomic E-state index is -1.41. The van der Waals surface area contributed by atoms with Gasteiger partial charge >= 0.3 is 18.0 Å². The van der Waals surface area contributed by atoms with Crippen LogP contribution < -0.4 is 5.32 Å². The molecule has 0 fully saturated rings. The molecule has 2 unspecified atom stereocenters. The van der Waals surface area contributed by atoms with E-state index in [1.165, 1.54) is 19.2 Å². The Hall–Kier alpha value is -2.61. The topological polar surface area (TPSA) is 122 Å². The number of amides is 1. The number of nitrogens with one attached hydrogen (secondary N) is 1. The van der Waals surface area contributed by atoms with E-state index < -0.39 is 35.8 Å². The van der Waals surface area contributed by atoms with Crippen molar-refractivity contribution in [2.45, 2.75) is 44.9 Å². The first-order valence-electron chi connectivity index (χ1n) is 7.60. The molecular formula is C17H23NO7. The van der Waals surface area contributed by atoms with E-state index in [9.17, 15) is 24.6 Å². The summed E-state index contributed by atoms with van der Waals surface area (Å²) in [5, 5.41) is 21.3. The van der Waals surface area contributed by atoms with Gasteiger partial charge in [0.15, 0.2) is 6.10 Å². The van der Waals surface area contributed by atoms with Gasteiger partial charge in [-0.05, 0) is 31.9 Å². The molecule has 0 bridgehead atoms. The summed E-state index contributed by atoms with van der Waals surface area (Å²) in [4.78, 5) is 34.4. The molecule has 1 aromatic rings. The largest absolute Gasteiger partial charge is 0.480 e. The SMILES string of the molecule is COC(=O)C(O)c1ccc(CC(NC(=O)OC(C)(C)C)C(=O)O)cc1. The molecule has 1 aromatic carbocycles. The number of carboxylic acid groups (broad SMARTS) is 1. The third-order valence-electron chi connectivity index (χ3n) is 3.15. The van der Waals surface area contributed by atoms with Gasteiger partial charge < -0.3 is 25.0 Å². The quantitative estimate of drug-likeness (QED) is 0.661. The van der Waals surface area contributed by atoms with Crippen LogP contribution >= 0.6 is 0 Å². The maximum Gasteiger partial charge on any atom is 0.408 e. The molecule has 0 radical (unpaired) electrons.